The first-order valence-electron chi connectivity index (χ1n) is 8.03. The Labute approximate surface area is 155 Å². The van der Waals surface area contributed by atoms with Gasteiger partial charge in [0.05, 0.1) is 17.6 Å². The van der Waals surface area contributed by atoms with Crippen LogP contribution < -0.4 is 10.1 Å². The number of hydrogen-bond donors (Lipinski definition) is 1. The van der Waals surface area contributed by atoms with E-state index in [0.29, 0.717) is 28.5 Å². The number of nitro benzene ring substituents is 1. The Balaban J connectivity index is 1.72. The van der Waals surface area contributed by atoms with Gasteiger partial charge >= 0.3 is 0 Å². The number of nitrogens with zero attached hydrogens (tertiary/aromatic N) is 1. The summed E-state index contributed by atoms with van der Waals surface area (Å²) in [5, 5.41) is 13.8. The van der Waals surface area contributed by atoms with Crippen LogP contribution in [0, 0.1) is 10.1 Å². The van der Waals surface area contributed by atoms with Gasteiger partial charge in [0.1, 0.15) is 17.3 Å². The number of nitrogens with one attached hydrogen (secondary N) is 1. The molecule has 1 N–H and O–H groups in total. The standard InChI is InChI=1S/C20H16N2O5/c1-26-16-6-4-5-14(13-16)21-20(23)12-10-15-9-11-19(27-15)17-7-2-3-8-18(17)22(24)25/h2-13H,1H3,(H,21,23)/b12-10+. The number of furan rings is 1. The number of amides is 1. The normalized spacial score (nSPS) is 10.7. The molecular weight excluding hydrogens is 348 g/mol. The number of rotatable bonds is 6. The molecule has 3 rings (SSSR count). The number of benzene rings is 2. The van der Waals surface area contributed by atoms with E-state index in [9.17, 15) is 14.9 Å². The molecule has 0 unspecified atom stereocenters. The molecule has 27 heavy (non-hydrogen) atoms. The Kier molecular flexibility index (Phi) is 5.32. The lowest BCUT2D eigenvalue weighted by molar-refractivity contribution is -0.384. The summed E-state index contributed by atoms with van der Waals surface area (Å²) in [5.41, 5.74) is 0.935. The molecule has 0 aliphatic carbocycles. The molecule has 0 radical (unpaired) electrons. The summed E-state index contributed by atoms with van der Waals surface area (Å²) in [4.78, 5) is 22.7. The maximum atomic E-state index is 12.0. The van der Waals surface area contributed by atoms with Crippen molar-refractivity contribution in [1.82, 2.24) is 0 Å². The fourth-order valence-corrected chi connectivity index (χ4v) is 2.47. The van der Waals surface area contributed by atoms with Crippen molar-refractivity contribution in [3.63, 3.8) is 0 Å². The molecule has 0 aliphatic rings. The third kappa shape index (κ3) is 4.40. The maximum absolute atomic E-state index is 12.0. The van der Waals surface area contributed by atoms with Crippen molar-refractivity contribution in [3.05, 3.63) is 82.6 Å². The zero-order valence-electron chi connectivity index (χ0n) is 14.4. The van der Waals surface area contributed by atoms with Gasteiger partial charge in [0.2, 0.25) is 5.91 Å². The van der Waals surface area contributed by atoms with Crippen LogP contribution in [0.25, 0.3) is 17.4 Å². The van der Waals surface area contributed by atoms with Crippen LogP contribution in [0.5, 0.6) is 5.75 Å². The van der Waals surface area contributed by atoms with Crippen LogP contribution in [0.1, 0.15) is 5.76 Å². The lowest BCUT2D eigenvalue weighted by Crippen LogP contribution is -2.07. The van der Waals surface area contributed by atoms with Crippen LogP contribution in [-0.4, -0.2) is 17.9 Å². The highest BCUT2D eigenvalue weighted by Gasteiger charge is 2.16. The van der Waals surface area contributed by atoms with Crippen molar-refractivity contribution >= 4 is 23.4 Å². The number of hydrogen-bond acceptors (Lipinski definition) is 5. The summed E-state index contributed by atoms with van der Waals surface area (Å²) in [5.74, 6) is 1.06. The van der Waals surface area contributed by atoms with Crippen LogP contribution in [0.15, 0.2) is 71.2 Å². The second kappa shape index (κ2) is 8.01. The minimum absolute atomic E-state index is 0.0434. The van der Waals surface area contributed by atoms with E-state index in [-0.39, 0.29) is 11.6 Å². The van der Waals surface area contributed by atoms with Crippen LogP contribution in [0.2, 0.25) is 0 Å². The number of carbonyl (C=O) groups excluding carboxylic acids is 1. The Morgan fingerprint density at radius 3 is 2.74 bits per heavy atom. The Morgan fingerprint density at radius 2 is 1.96 bits per heavy atom. The summed E-state index contributed by atoms with van der Waals surface area (Å²) in [6, 6.07) is 16.6. The Morgan fingerprint density at radius 1 is 1.15 bits per heavy atom. The highest BCUT2D eigenvalue weighted by atomic mass is 16.6. The zero-order chi connectivity index (χ0) is 19.2. The van der Waals surface area contributed by atoms with Gasteiger partial charge in [-0.15, -0.1) is 0 Å². The first kappa shape index (κ1) is 17.9. The molecule has 7 heteroatoms. The van der Waals surface area contributed by atoms with Gasteiger partial charge in [-0.3, -0.25) is 14.9 Å². The average Bonchev–Trinajstić information content (AvgIpc) is 3.15. The van der Waals surface area contributed by atoms with E-state index in [1.54, 1.807) is 61.7 Å². The van der Waals surface area contributed by atoms with Crippen molar-refractivity contribution in [3.8, 4) is 17.1 Å². The molecule has 136 valence electrons. The van der Waals surface area contributed by atoms with Gasteiger partial charge in [0.15, 0.2) is 0 Å². The average molecular weight is 364 g/mol. The monoisotopic (exact) mass is 364 g/mol. The number of anilines is 1. The number of methoxy groups -OCH3 is 1. The third-order valence-corrected chi connectivity index (χ3v) is 3.73. The van der Waals surface area contributed by atoms with Gasteiger partial charge < -0.3 is 14.5 Å². The summed E-state index contributed by atoms with van der Waals surface area (Å²) in [6.45, 7) is 0. The summed E-state index contributed by atoms with van der Waals surface area (Å²) >= 11 is 0. The smallest absolute Gasteiger partial charge is 0.280 e. The highest BCUT2D eigenvalue weighted by Crippen LogP contribution is 2.31. The zero-order valence-corrected chi connectivity index (χ0v) is 14.4. The fraction of sp³-hybridized carbons (Fsp3) is 0.0500. The molecule has 0 aliphatic heterocycles. The molecule has 0 saturated carbocycles. The summed E-state index contributed by atoms with van der Waals surface area (Å²) < 4.78 is 10.7. The van der Waals surface area contributed by atoms with Gasteiger partial charge in [-0.1, -0.05) is 18.2 Å². The van der Waals surface area contributed by atoms with E-state index in [1.165, 1.54) is 18.2 Å². The predicted octanol–water partition coefficient (Wildman–Crippen LogP) is 4.52. The fourth-order valence-electron chi connectivity index (χ4n) is 2.47. The topological polar surface area (TPSA) is 94.6 Å². The second-order valence-corrected chi connectivity index (χ2v) is 5.53. The molecule has 3 aromatic rings. The molecule has 7 nitrogen and oxygen atoms in total. The van der Waals surface area contributed by atoms with E-state index < -0.39 is 4.92 Å². The predicted molar refractivity (Wildman–Crippen MR) is 101 cm³/mol. The minimum Gasteiger partial charge on any atom is -0.497 e. The molecule has 1 heterocycles. The molecular formula is C20H16N2O5. The first-order chi connectivity index (χ1) is 13.1. The van der Waals surface area contributed by atoms with Crippen LogP contribution in [-0.2, 0) is 4.79 Å². The molecule has 2 aromatic carbocycles. The Bertz CT molecular complexity index is 1010. The van der Waals surface area contributed by atoms with E-state index in [1.807, 2.05) is 0 Å². The molecule has 0 bridgehead atoms. The van der Waals surface area contributed by atoms with Crippen molar-refractivity contribution < 1.29 is 18.9 Å². The first-order valence-corrected chi connectivity index (χ1v) is 8.03. The number of ether oxygens (including phenoxy) is 1. The largest absolute Gasteiger partial charge is 0.497 e. The van der Waals surface area contributed by atoms with Crippen molar-refractivity contribution in [1.29, 1.82) is 0 Å². The Hall–Kier alpha value is -3.87. The molecule has 0 spiro atoms. The maximum Gasteiger partial charge on any atom is 0.280 e. The second-order valence-electron chi connectivity index (χ2n) is 5.53. The van der Waals surface area contributed by atoms with Gasteiger partial charge in [-0.2, -0.15) is 0 Å². The van der Waals surface area contributed by atoms with E-state index in [4.69, 9.17) is 9.15 Å². The van der Waals surface area contributed by atoms with Gasteiger partial charge in [0.25, 0.3) is 5.69 Å². The highest BCUT2D eigenvalue weighted by molar-refractivity contribution is 6.01. The van der Waals surface area contributed by atoms with Gasteiger partial charge in [0, 0.05) is 23.9 Å². The molecule has 0 saturated heterocycles. The molecule has 0 fully saturated rings. The van der Waals surface area contributed by atoms with E-state index in [0.717, 1.165) is 0 Å². The summed E-state index contributed by atoms with van der Waals surface area (Å²) in [6.07, 6.45) is 2.81. The van der Waals surface area contributed by atoms with Gasteiger partial charge in [-0.05, 0) is 36.4 Å². The number of carbonyl (C=O) groups is 1. The van der Waals surface area contributed by atoms with Crippen LogP contribution in [0.4, 0.5) is 11.4 Å². The molecule has 0 atom stereocenters. The van der Waals surface area contributed by atoms with Crippen molar-refractivity contribution in [2.24, 2.45) is 0 Å². The summed E-state index contributed by atoms with van der Waals surface area (Å²) in [7, 11) is 1.55. The lowest BCUT2D eigenvalue weighted by atomic mass is 10.1. The van der Waals surface area contributed by atoms with Crippen molar-refractivity contribution in [2.75, 3.05) is 12.4 Å². The number of para-hydroxylation sites is 1. The third-order valence-electron chi connectivity index (χ3n) is 3.73. The quantitative estimate of drug-likeness (QED) is 0.394. The molecule has 1 aromatic heterocycles. The van der Waals surface area contributed by atoms with E-state index in [2.05, 4.69) is 5.32 Å². The van der Waals surface area contributed by atoms with Gasteiger partial charge in [-0.25, -0.2) is 0 Å². The lowest BCUT2D eigenvalue weighted by Gasteiger charge is -2.04. The molecule has 1 amide bonds. The minimum atomic E-state index is -0.463. The van der Waals surface area contributed by atoms with Crippen molar-refractivity contribution in [2.45, 2.75) is 0 Å². The van der Waals surface area contributed by atoms with Crippen LogP contribution in [0.3, 0.4) is 0 Å². The van der Waals surface area contributed by atoms with Crippen LogP contribution >= 0.6 is 0 Å². The van der Waals surface area contributed by atoms with E-state index >= 15 is 0 Å². The number of nitro groups is 1. The SMILES string of the molecule is COc1cccc(NC(=O)/C=C/c2ccc(-c3ccccc3[N+](=O)[O-])o2)c1.